The third kappa shape index (κ3) is 4.98. The number of halogens is 1. The summed E-state index contributed by atoms with van der Waals surface area (Å²) in [5.41, 5.74) is 2.49. The van der Waals surface area contributed by atoms with Gasteiger partial charge < -0.3 is 15.2 Å². The molecule has 2 N–H and O–H groups in total. The maximum Gasteiger partial charge on any atom is 0.410 e. The Balaban J connectivity index is 1.65. The lowest BCUT2D eigenvalue weighted by Crippen LogP contribution is -2.43. The van der Waals surface area contributed by atoms with Gasteiger partial charge >= 0.3 is 6.09 Å². The number of carbonyl (C=O) groups is 2. The molecule has 6 nitrogen and oxygen atoms in total. The molecule has 2 amide bonds. The van der Waals surface area contributed by atoms with Crippen LogP contribution < -0.4 is 5.32 Å². The number of anilines is 1. The molecule has 1 aliphatic rings. The summed E-state index contributed by atoms with van der Waals surface area (Å²) in [6, 6.07) is 14.3. The van der Waals surface area contributed by atoms with Crippen molar-refractivity contribution in [2.75, 3.05) is 11.9 Å². The van der Waals surface area contributed by atoms with Gasteiger partial charge in [0.05, 0.1) is 12.6 Å². The lowest BCUT2D eigenvalue weighted by atomic mass is 10.1. The van der Waals surface area contributed by atoms with Gasteiger partial charge in [0.25, 0.3) is 0 Å². The molecule has 1 saturated heterocycles. The number of aliphatic hydroxyl groups excluding tert-OH is 1. The second kappa shape index (κ2) is 8.71. The van der Waals surface area contributed by atoms with Crippen LogP contribution in [0.3, 0.4) is 0 Å². The first-order chi connectivity index (χ1) is 12.9. The topological polar surface area (TPSA) is 78.9 Å². The van der Waals surface area contributed by atoms with Crippen LogP contribution in [-0.2, 0) is 16.1 Å². The molecule has 0 spiro atoms. The van der Waals surface area contributed by atoms with Crippen molar-refractivity contribution in [3.63, 3.8) is 0 Å². The summed E-state index contributed by atoms with van der Waals surface area (Å²) < 4.78 is 6.40. The van der Waals surface area contributed by atoms with Crippen molar-refractivity contribution in [1.29, 1.82) is 0 Å². The van der Waals surface area contributed by atoms with Gasteiger partial charge in [-0.1, -0.05) is 30.3 Å². The van der Waals surface area contributed by atoms with Crippen LogP contribution in [0.15, 0.2) is 48.5 Å². The standard InChI is InChI=1S/C20H21IN2O4/c1-13-9-15(21)7-8-17(13)22-19(25)18-10-16(24)11-23(18)20(26)27-12-14-5-3-2-4-6-14/h2-9,16,18,24H,10-12H2,1H3,(H,22,25)/t16-,18+/m1/s1. The van der Waals surface area contributed by atoms with Crippen molar-refractivity contribution >= 4 is 40.3 Å². The zero-order valence-corrected chi connectivity index (χ0v) is 17.0. The molecule has 0 radical (unpaired) electrons. The molecule has 7 heteroatoms. The molecule has 0 bridgehead atoms. The Labute approximate surface area is 171 Å². The first-order valence-electron chi connectivity index (χ1n) is 8.66. The number of amides is 2. The van der Waals surface area contributed by atoms with Crippen molar-refractivity contribution in [3.8, 4) is 0 Å². The number of nitrogens with one attached hydrogen (secondary N) is 1. The van der Waals surface area contributed by atoms with Crippen LogP contribution in [-0.4, -0.2) is 40.7 Å². The fourth-order valence-corrected chi connectivity index (χ4v) is 3.70. The molecular weight excluding hydrogens is 459 g/mol. The quantitative estimate of drug-likeness (QED) is 0.659. The van der Waals surface area contributed by atoms with Crippen molar-refractivity contribution in [2.45, 2.75) is 32.1 Å². The summed E-state index contributed by atoms with van der Waals surface area (Å²) in [4.78, 5) is 26.5. The van der Waals surface area contributed by atoms with Gasteiger partial charge in [0.15, 0.2) is 0 Å². The minimum absolute atomic E-state index is 0.0807. The largest absolute Gasteiger partial charge is 0.445 e. The number of rotatable bonds is 4. The molecule has 2 aromatic rings. The third-order valence-electron chi connectivity index (χ3n) is 4.47. The molecule has 1 fully saturated rings. The van der Waals surface area contributed by atoms with E-state index in [1.807, 2.05) is 55.5 Å². The number of β-amino-alcohol motifs (C(OH)–C–C–N with tert-alkyl or cyclic N) is 1. The van der Waals surface area contributed by atoms with Crippen LogP contribution in [0, 0.1) is 10.5 Å². The molecule has 0 saturated carbocycles. The minimum atomic E-state index is -0.762. The average Bonchev–Trinajstić information content (AvgIpc) is 3.05. The van der Waals surface area contributed by atoms with E-state index in [2.05, 4.69) is 27.9 Å². The fraction of sp³-hybridized carbons (Fsp3) is 0.300. The zero-order valence-electron chi connectivity index (χ0n) is 14.9. The molecule has 3 rings (SSSR count). The van der Waals surface area contributed by atoms with Crippen LogP contribution in [0.25, 0.3) is 0 Å². The number of benzene rings is 2. The van der Waals surface area contributed by atoms with Crippen molar-refractivity contribution < 1.29 is 19.4 Å². The first kappa shape index (κ1) is 19.6. The Kier molecular flexibility index (Phi) is 6.33. The normalized spacial score (nSPS) is 19.0. The highest BCUT2D eigenvalue weighted by molar-refractivity contribution is 14.1. The maximum atomic E-state index is 12.7. The van der Waals surface area contributed by atoms with Crippen LogP contribution in [0.4, 0.5) is 10.5 Å². The summed E-state index contributed by atoms with van der Waals surface area (Å²) in [5, 5.41) is 12.8. The number of aliphatic hydroxyl groups is 1. The molecule has 142 valence electrons. The number of likely N-dealkylation sites (tertiary alicyclic amines) is 1. The van der Waals surface area contributed by atoms with Gasteiger partial charge in [-0.15, -0.1) is 0 Å². The Morgan fingerprint density at radius 1 is 1.26 bits per heavy atom. The number of nitrogens with zero attached hydrogens (tertiary/aromatic N) is 1. The van der Waals surface area contributed by atoms with E-state index in [1.165, 1.54) is 4.90 Å². The summed E-state index contributed by atoms with van der Waals surface area (Å²) in [5.74, 6) is -0.326. The van der Waals surface area contributed by atoms with Gasteiger partial charge in [0, 0.05) is 15.7 Å². The van der Waals surface area contributed by atoms with E-state index in [1.54, 1.807) is 0 Å². The molecule has 27 heavy (non-hydrogen) atoms. The predicted octanol–water partition coefficient (Wildman–Crippen LogP) is 3.31. The minimum Gasteiger partial charge on any atom is -0.445 e. The van der Waals surface area contributed by atoms with Gasteiger partial charge in [0.1, 0.15) is 12.6 Å². The molecule has 2 atom stereocenters. The predicted molar refractivity (Wildman–Crippen MR) is 110 cm³/mol. The number of aryl methyl sites for hydroxylation is 1. The summed E-state index contributed by atoms with van der Waals surface area (Å²) in [6.45, 7) is 2.11. The van der Waals surface area contributed by atoms with Crippen LogP contribution in [0.2, 0.25) is 0 Å². The van der Waals surface area contributed by atoms with Crippen LogP contribution in [0.5, 0.6) is 0 Å². The zero-order chi connectivity index (χ0) is 19.4. The van der Waals surface area contributed by atoms with E-state index in [-0.39, 0.29) is 25.5 Å². The Hall–Kier alpha value is -2.13. The van der Waals surface area contributed by atoms with Crippen LogP contribution >= 0.6 is 22.6 Å². The highest BCUT2D eigenvalue weighted by Gasteiger charge is 2.40. The summed E-state index contributed by atoms with van der Waals surface area (Å²) in [6.07, 6.45) is -1.16. The Morgan fingerprint density at radius 3 is 2.70 bits per heavy atom. The lowest BCUT2D eigenvalue weighted by Gasteiger charge is -2.23. The van der Waals surface area contributed by atoms with Gasteiger partial charge in [-0.05, 0) is 58.8 Å². The second-order valence-corrected chi connectivity index (χ2v) is 7.79. The molecule has 1 heterocycles. The number of hydrogen-bond donors (Lipinski definition) is 2. The SMILES string of the molecule is Cc1cc(I)ccc1NC(=O)[C@@H]1C[C@@H](O)CN1C(=O)OCc1ccccc1. The monoisotopic (exact) mass is 480 g/mol. The number of hydrogen-bond acceptors (Lipinski definition) is 4. The highest BCUT2D eigenvalue weighted by Crippen LogP contribution is 2.23. The van der Waals surface area contributed by atoms with E-state index in [9.17, 15) is 14.7 Å². The fourth-order valence-electron chi connectivity index (χ4n) is 3.05. The second-order valence-electron chi connectivity index (χ2n) is 6.55. The summed E-state index contributed by atoms with van der Waals surface area (Å²) in [7, 11) is 0. The lowest BCUT2D eigenvalue weighted by molar-refractivity contribution is -0.120. The van der Waals surface area contributed by atoms with Crippen molar-refractivity contribution in [2.24, 2.45) is 0 Å². The molecule has 0 aromatic heterocycles. The maximum absolute atomic E-state index is 12.7. The Bertz CT molecular complexity index is 828. The Morgan fingerprint density at radius 2 is 2.00 bits per heavy atom. The van der Waals surface area contributed by atoms with Gasteiger partial charge in [0.2, 0.25) is 5.91 Å². The first-order valence-corrected chi connectivity index (χ1v) is 9.74. The smallest absolute Gasteiger partial charge is 0.410 e. The molecule has 1 aliphatic heterocycles. The van der Waals surface area contributed by atoms with E-state index in [0.29, 0.717) is 5.69 Å². The molecular formula is C20H21IN2O4. The number of ether oxygens (including phenoxy) is 1. The molecule has 0 aliphatic carbocycles. The van der Waals surface area contributed by atoms with E-state index >= 15 is 0 Å². The van der Waals surface area contributed by atoms with Crippen molar-refractivity contribution in [1.82, 2.24) is 4.90 Å². The van der Waals surface area contributed by atoms with E-state index in [0.717, 1.165) is 14.7 Å². The van der Waals surface area contributed by atoms with E-state index < -0.39 is 18.2 Å². The van der Waals surface area contributed by atoms with Gasteiger partial charge in [-0.3, -0.25) is 9.69 Å². The average molecular weight is 480 g/mol. The highest BCUT2D eigenvalue weighted by atomic mass is 127. The molecule has 0 unspecified atom stereocenters. The van der Waals surface area contributed by atoms with Crippen LogP contribution in [0.1, 0.15) is 17.5 Å². The molecule has 2 aromatic carbocycles. The third-order valence-corrected chi connectivity index (χ3v) is 5.14. The van der Waals surface area contributed by atoms with Crippen molar-refractivity contribution in [3.05, 3.63) is 63.2 Å². The van der Waals surface area contributed by atoms with E-state index in [4.69, 9.17) is 4.74 Å². The summed E-state index contributed by atoms with van der Waals surface area (Å²) >= 11 is 2.21. The van der Waals surface area contributed by atoms with Gasteiger partial charge in [-0.2, -0.15) is 0 Å². The number of carbonyl (C=O) groups excluding carboxylic acids is 2. The van der Waals surface area contributed by atoms with Gasteiger partial charge in [-0.25, -0.2) is 4.79 Å².